The van der Waals surface area contributed by atoms with Crippen LogP contribution in [0.15, 0.2) is 83.8 Å². The minimum absolute atomic E-state index is 0.0197. The molecule has 1 heterocycles. The second kappa shape index (κ2) is 9.41. The first-order valence-corrected chi connectivity index (χ1v) is 12.6. The number of carbonyl (C=O) groups is 1. The Bertz CT molecular complexity index is 1310. The summed E-state index contributed by atoms with van der Waals surface area (Å²) in [6.07, 6.45) is 0. The molecular formula is C26H25ClN2O3S. The first-order chi connectivity index (χ1) is 15.8. The van der Waals surface area contributed by atoms with Crippen LogP contribution < -0.4 is 9.62 Å². The van der Waals surface area contributed by atoms with Gasteiger partial charge in [-0.1, -0.05) is 79.2 Å². The van der Waals surface area contributed by atoms with Gasteiger partial charge < -0.3 is 5.32 Å². The van der Waals surface area contributed by atoms with Gasteiger partial charge in [-0.05, 0) is 42.2 Å². The summed E-state index contributed by atoms with van der Waals surface area (Å²) in [5.41, 5.74) is 3.19. The summed E-state index contributed by atoms with van der Waals surface area (Å²) in [7, 11) is -4.09. The van der Waals surface area contributed by atoms with Gasteiger partial charge in [-0.25, -0.2) is 8.42 Å². The predicted octanol–water partition coefficient (Wildman–Crippen LogP) is 5.19. The second-order valence-electron chi connectivity index (χ2n) is 7.92. The Hall–Kier alpha value is -3.09. The fourth-order valence-electron chi connectivity index (χ4n) is 4.10. The lowest BCUT2D eigenvalue weighted by atomic mass is 9.95. The van der Waals surface area contributed by atoms with Crippen LogP contribution in [0.2, 0.25) is 5.02 Å². The lowest BCUT2D eigenvalue weighted by Crippen LogP contribution is -2.42. The quantitative estimate of drug-likeness (QED) is 0.528. The van der Waals surface area contributed by atoms with E-state index in [0.717, 1.165) is 5.56 Å². The Kier molecular flexibility index (Phi) is 6.58. The molecule has 3 aromatic rings. The fourth-order valence-corrected chi connectivity index (χ4v) is 6.05. The van der Waals surface area contributed by atoms with Crippen molar-refractivity contribution in [2.75, 3.05) is 17.4 Å². The van der Waals surface area contributed by atoms with Crippen molar-refractivity contribution in [3.63, 3.8) is 0 Å². The summed E-state index contributed by atoms with van der Waals surface area (Å²) in [5.74, 6) is -0.605. The van der Waals surface area contributed by atoms with Crippen molar-refractivity contribution in [3.05, 3.63) is 105 Å². The van der Waals surface area contributed by atoms with Gasteiger partial charge in [0.1, 0.15) is 0 Å². The van der Waals surface area contributed by atoms with E-state index in [4.69, 9.17) is 11.6 Å². The number of anilines is 1. The highest BCUT2D eigenvalue weighted by Gasteiger charge is 2.40. The average Bonchev–Trinajstić information content (AvgIpc) is 2.82. The van der Waals surface area contributed by atoms with Crippen molar-refractivity contribution in [3.8, 4) is 0 Å². The molecule has 1 aliphatic rings. The van der Waals surface area contributed by atoms with Crippen LogP contribution in [0.25, 0.3) is 5.57 Å². The fraction of sp³-hybridized carbons (Fsp3) is 0.192. The molecule has 0 aliphatic carbocycles. The highest BCUT2D eigenvalue weighted by molar-refractivity contribution is 7.97. The second-order valence-corrected chi connectivity index (χ2v) is 10.2. The monoisotopic (exact) mass is 480 g/mol. The minimum atomic E-state index is -4.09. The smallest absolute Gasteiger partial charge is 0.270 e. The molecule has 0 fully saturated rings. The Morgan fingerprint density at radius 1 is 1.00 bits per heavy atom. The van der Waals surface area contributed by atoms with E-state index in [-0.39, 0.29) is 17.4 Å². The molecule has 0 aromatic heterocycles. The third kappa shape index (κ3) is 4.41. The van der Waals surface area contributed by atoms with E-state index < -0.39 is 15.9 Å². The van der Waals surface area contributed by atoms with Gasteiger partial charge in [0.15, 0.2) is 4.91 Å². The van der Waals surface area contributed by atoms with Gasteiger partial charge >= 0.3 is 0 Å². The molecule has 7 heteroatoms. The molecule has 0 saturated heterocycles. The molecule has 1 amide bonds. The summed E-state index contributed by atoms with van der Waals surface area (Å²) in [5, 5.41) is 3.33. The normalized spacial score (nSPS) is 15.7. The topological polar surface area (TPSA) is 66.5 Å². The Morgan fingerprint density at radius 2 is 1.64 bits per heavy atom. The number of rotatable bonds is 6. The number of sulfonamides is 1. The summed E-state index contributed by atoms with van der Waals surface area (Å²) >= 11 is 6.30. The first kappa shape index (κ1) is 23.1. The molecule has 170 valence electrons. The number of nitrogens with one attached hydrogen (secondary N) is 1. The van der Waals surface area contributed by atoms with Gasteiger partial charge in [-0.3, -0.25) is 9.10 Å². The van der Waals surface area contributed by atoms with Crippen molar-refractivity contribution in [1.82, 2.24) is 5.32 Å². The number of fused-ring (bicyclic) bond motifs is 1. The maximum atomic E-state index is 13.7. The molecule has 0 bridgehead atoms. The largest absolute Gasteiger partial charge is 0.351 e. The minimum Gasteiger partial charge on any atom is -0.351 e. The van der Waals surface area contributed by atoms with Crippen molar-refractivity contribution >= 4 is 38.8 Å². The molecule has 4 rings (SSSR count). The number of benzene rings is 3. The van der Waals surface area contributed by atoms with E-state index in [1.54, 1.807) is 37.3 Å². The summed E-state index contributed by atoms with van der Waals surface area (Å²) in [6.45, 7) is 4.23. The number of halogens is 1. The zero-order valence-electron chi connectivity index (χ0n) is 18.5. The Balaban J connectivity index is 1.84. The van der Waals surface area contributed by atoms with Crippen LogP contribution in [0.5, 0.6) is 0 Å². The summed E-state index contributed by atoms with van der Waals surface area (Å²) in [6, 6.07) is 23.9. The van der Waals surface area contributed by atoms with Gasteiger partial charge in [-0.15, -0.1) is 0 Å². The Morgan fingerprint density at radius 3 is 2.27 bits per heavy atom. The molecule has 1 aliphatic heterocycles. The summed E-state index contributed by atoms with van der Waals surface area (Å²) in [4.78, 5) is 13.2. The number of hydrogen-bond donors (Lipinski definition) is 1. The molecule has 0 radical (unpaired) electrons. The molecule has 1 N–H and O–H groups in total. The zero-order chi connectivity index (χ0) is 23.6. The molecule has 3 aromatic carbocycles. The molecule has 0 unspecified atom stereocenters. The van der Waals surface area contributed by atoms with Crippen LogP contribution in [0.1, 0.15) is 36.5 Å². The van der Waals surface area contributed by atoms with E-state index in [9.17, 15) is 13.2 Å². The van der Waals surface area contributed by atoms with Crippen molar-refractivity contribution in [1.29, 1.82) is 0 Å². The molecular weight excluding hydrogens is 456 g/mol. The molecule has 0 saturated carbocycles. The van der Waals surface area contributed by atoms with Gasteiger partial charge in [0.2, 0.25) is 0 Å². The molecule has 0 spiro atoms. The number of carbonyl (C=O) groups excluding carboxylic acids is 1. The van der Waals surface area contributed by atoms with E-state index in [2.05, 4.69) is 5.32 Å². The number of hydrogen-bond acceptors (Lipinski definition) is 3. The van der Waals surface area contributed by atoms with Gasteiger partial charge in [-0.2, -0.15) is 0 Å². The van der Waals surface area contributed by atoms with E-state index >= 15 is 0 Å². The molecule has 5 nitrogen and oxygen atoms in total. The van der Waals surface area contributed by atoms with Crippen LogP contribution in [0.4, 0.5) is 5.69 Å². The van der Waals surface area contributed by atoms with Crippen LogP contribution in [-0.2, 0) is 14.8 Å². The maximum Gasteiger partial charge on any atom is 0.270 e. The third-order valence-corrected chi connectivity index (χ3v) is 7.94. The van der Waals surface area contributed by atoms with Gasteiger partial charge in [0, 0.05) is 29.2 Å². The maximum absolute atomic E-state index is 13.7. The van der Waals surface area contributed by atoms with Crippen molar-refractivity contribution in [2.24, 2.45) is 0 Å². The third-order valence-electron chi connectivity index (χ3n) is 5.77. The van der Waals surface area contributed by atoms with Crippen molar-refractivity contribution < 1.29 is 13.2 Å². The van der Waals surface area contributed by atoms with Crippen LogP contribution in [0.3, 0.4) is 0 Å². The SMILES string of the molecule is CCN1c2ccc(Cl)cc2C(c2ccccc2)=C(C(=O)NC[C@H](C)c2ccccc2)S1(=O)=O. The molecule has 1 atom stereocenters. The standard InChI is InChI=1S/C26H25ClN2O3S/c1-3-29-23-15-14-21(27)16-22(23)24(20-12-8-5-9-13-20)25(33(29,31)32)26(30)28-17-18(2)19-10-6-4-7-11-19/h4-16,18H,3,17H2,1-2H3,(H,28,30)/t18-/m0/s1. The molecule has 33 heavy (non-hydrogen) atoms. The highest BCUT2D eigenvalue weighted by atomic mass is 35.5. The zero-order valence-corrected chi connectivity index (χ0v) is 20.0. The lowest BCUT2D eigenvalue weighted by molar-refractivity contribution is -0.116. The number of amides is 1. The van der Waals surface area contributed by atoms with E-state index in [1.165, 1.54) is 4.31 Å². The highest BCUT2D eigenvalue weighted by Crippen LogP contribution is 2.43. The van der Waals surface area contributed by atoms with Crippen LogP contribution >= 0.6 is 11.6 Å². The summed E-state index contributed by atoms with van der Waals surface area (Å²) < 4.78 is 28.7. The lowest BCUT2D eigenvalue weighted by Gasteiger charge is -2.33. The van der Waals surface area contributed by atoms with Gasteiger partial charge in [0.05, 0.1) is 5.69 Å². The van der Waals surface area contributed by atoms with Crippen molar-refractivity contribution in [2.45, 2.75) is 19.8 Å². The van der Waals surface area contributed by atoms with E-state index in [1.807, 2.05) is 55.5 Å². The number of nitrogens with zero attached hydrogens (tertiary/aromatic N) is 1. The Labute approximate surface area is 199 Å². The first-order valence-electron chi connectivity index (χ1n) is 10.8. The van der Waals surface area contributed by atoms with Crippen LogP contribution in [0, 0.1) is 0 Å². The van der Waals surface area contributed by atoms with Crippen LogP contribution in [-0.4, -0.2) is 27.4 Å². The predicted molar refractivity (Wildman–Crippen MR) is 134 cm³/mol. The van der Waals surface area contributed by atoms with E-state index in [0.29, 0.717) is 34.0 Å². The van der Waals surface area contributed by atoms with Gasteiger partial charge in [0.25, 0.3) is 15.9 Å². The average molecular weight is 481 g/mol.